The summed E-state index contributed by atoms with van der Waals surface area (Å²) in [5.41, 5.74) is -0.134. The Labute approximate surface area is 202 Å². The number of carbonyl (C=O) groups is 2. The molecule has 9 nitrogen and oxygen atoms in total. The average Bonchev–Trinajstić information content (AvgIpc) is 2.81. The van der Waals surface area contributed by atoms with Crippen molar-refractivity contribution in [2.75, 3.05) is 32.1 Å². The minimum atomic E-state index is -0.767. The van der Waals surface area contributed by atoms with Crippen LogP contribution in [0.2, 0.25) is 0 Å². The van der Waals surface area contributed by atoms with Gasteiger partial charge in [-0.3, -0.25) is 14.4 Å². The predicted molar refractivity (Wildman–Crippen MR) is 129 cm³/mol. The lowest BCUT2D eigenvalue weighted by Crippen LogP contribution is -2.38. The van der Waals surface area contributed by atoms with Crippen LogP contribution in [0.5, 0.6) is 11.5 Å². The van der Waals surface area contributed by atoms with Crippen molar-refractivity contribution in [2.24, 2.45) is 0 Å². The highest BCUT2D eigenvalue weighted by atomic mass is 19.1. The van der Waals surface area contributed by atoms with Crippen LogP contribution in [0.25, 0.3) is 5.69 Å². The number of aryl methyl sites for hydroxylation is 1. The van der Waals surface area contributed by atoms with Crippen molar-refractivity contribution in [3.63, 3.8) is 0 Å². The van der Waals surface area contributed by atoms with Crippen molar-refractivity contribution < 1.29 is 23.5 Å². The van der Waals surface area contributed by atoms with E-state index in [1.807, 2.05) is 13.8 Å². The second kappa shape index (κ2) is 11.3. The van der Waals surface area contributed by atoms with Gasteiger partial charge in [-0.15, -0.1) is 0 Å². The number of likely N-dealkylation sites (N-methyl/N-ethyl adjacent to an activating group) is 1. The highest BCUT2D eigenvalue weighted by Crippen LogP contribution is 2.30. The van der Waals surface area contributed by atoms with Gasteiger partial charge in [0.15, 0.2) is 17.2 Å². The number of rotatable bonds is 9. The first-order valence-electron chi connectivity index (χ1n) is 11.1. The van der Waals surface area contributed by atoms with Gasteiger partial charge in [-0.25, -0.2) is 9.07 Å². The lowest BCUT2D eigenvalue weighted by molar-refractivity contribution is -0.116. The van der Waals surface area contributed by atoms with Gasteiger partial charge in [-0.2, -0.15) is 5.10 Å². The number of benzene rings is 2. The number of aromatic nitrogens is 2. The second-order valence-electron chi connectivity index (χ2n) is 7.60. The van der Waals surface area contributed by atoms with Gasteiger partial charge in [-0.1, -0.05) is 12.1 Å². The Hall–Kier alpha value is -4.21. The van der Waals surface area contributed by atoms with E-state index in [0.29, 0.717) is 36.1 Å². The standard InChI is InChI=1S/C25H27FN4O5/c1-5-34-21-12-11-17(14-22(21)35-6-2)27-23(32)15-29(4)25(33)24-20(31)13-16(3)30(28-24)19-10-8-7-9-18(19)26/h7-14H,5-6,15H2,1-4H3,(H,27,32). The molecule has 0 aliphatic rings. The van der Waals surface area contributed by atoms with Crippen molar-refractivity contribution in [1.82, 2.24) is 14.7 Å². The topological polar surface area (TPSA) is 103 Å². The zero-order valence-corrected chi connectivity index (χ0v) is 20.0. The van der Waals surface area contributed by atoms with Crippen LogP contribution < -0.4 is 20.2 Å². The molecule has 3 aromatic rings. The first-order chi connectivity index (χ1) is 16.7. The summed E-state index contributed by atoms with van der Waals surface area (Å²) in [6, 6.07) is 12.0. The monoisotopic (exact) mass is 482 g/mol. The number of hydrogen-bond donors (Lipinski definition) is 1. The highest BCUT2D eigenvalue weighted by molar-refractivity contribution is 5.98. The van der Waals surface area contributed by atoms with Gasteiger partial charge < -0.3 is 19.7 Å². The van der Waals surface area contributed by atoms with Crippen LogP contribution in [0.4, 0.5) is 10.1 Å². The lowest BCUT2D eigenvalue weighted by atomic mass is 10.2. The number of nitrogens with zero attached hydrogens (tertiary/aromatic N) is 3. The van der Waals surface area contributed by atoms with Crippen molar-refractivity contribution >= 4 is 17.5 Å². The number of carbonyl (C=O) groups excluding carboxylic acids is 2. The van der Waals surface area contributed by atoms with E-state index in [1.54, 1.807) is 31.2 Å². The molecule has 0 unspecified atom stereocenters. The number of nitrogens with one attached hydrogen (secondary N) is 1. The van der Waals surface area contributed by atoms with Gasteiger partial charge in [0.05, 0.1) is 19.8 Å². The molecule has 1 N–H and O–H groups in total. The largest absolute Gasteiger partial charge is 0.490 e. The van der Waals surface area contributed by atoms with E-state index in [4.69, 9.17) is 9.47 Å². The zero-order chi connectivity index (χ0) is 25.5. The van der Waals surface area contributed by atoms with Gasteiger partial charge >= 0.3 is 0 Å². The maximum atomic E-state index is 14.3. The molecule has 0 bridgehead atoms. The van der Waals surface area contributed by atoms with E-state index in [0.717, 1.165) is 4.90 Å². The molecule has 10 heteroatoms. The van der Waals surface area contributed by atoms with Crippen LogP contribution in [0.3, 0.4) is 0 Å². The van der Waals surface area contributed by atoms with Crippen molar-refractivity contribution in [3.05, 3.63) is 76.0 Å². The number of hydrogen-bond acceptors (Lipinski definition) is 6. The van der Waals surface area contributed by atoms with Crippen LogP contribution in [-0.4, -0.2) is 53.3 Å². The third-order valence-electron chi connectivity index (χ3n) is 4.95. The van der Waals surface area contributed by atoms with Crippen molar-refractivity contribution in [3.8, 4) is 17.2 Å². The van der Waals surface area contributed by atoms with Gasteiger partial charge in [0.25, 0.3) is 5.91 Å². The zero-order valence-electron chi connectivity index (χ0n) is 20.0. The Morgan fingerprint density at radius 2 is 1.74 bits per heavy atom. The number of para-hydroxylation sites is 1. The molecule has 0 saturated heterocycles. The number of anilines is 1. The fraction of sp³-hybridized carbons (Fsp3) is 0.280. The first-order valence-corrected chi connectivity index (χ1v) is 11.1. The number of amides is 2. The summed E-state index contributed by atoms with van der Waals surface area (Å²) in [6.45, 7) is 5.81. The van der Waals surface area contributed by atoms with Gasteiger partial charge in [0.2, 0.25) is 11.3 Å². The first kappa shape index (κ1) is 25.4. The summed E-state index contributed by atoms with van der Waals surface area (Å²) in [7, 11) is 1.38. The molecular weight excluding hydrogens is 455 g/mol. The third kappa shape index (κ3) is 6.03. The van der Waals surface area contributed by atoms with Crippen LogP contribution in [0.15, 0.2) is 53.3 Å². The Kier molecular flexibility index (Phi) is 8.19. The minimum Gasteiger partial charge on any atom is -0.490 e. The Morgan fingerprint density at radius 1 is 1.06 bits per heavy atom. The molecule has 3 rings (SSSR count). The predicted octanol–water partition coefficient (Wildman–Crippen LogP) is 3.19. The summed E-state index contributed by atoms with van der Waals surface area (Å²) >= 11 is 0. The van der Waals surface area contributed by atoms with E-state index >= 15 is 0 Å². The Bertz CT molecular complexity index is 1290. The smallest absolute Gasteiger partial charge is 0.278 e. The number of ether oxygens (including phenoxy) is 2. The fourth-order valence-corrected chi connectivity index (χ4v) is 3.36. The van der Waals surface area contributed by atoms with E-state index in [-0.39, 0.29) is 12.2 Å². The minimum absolute atomic E-state index is 0.0973. The molecule has 2 aromatic carbocycles. The molecule has 184 valence electrons. The number of halogens is 1. The fourth-order valence-electron chi connectivity index (χ4n) is 3.36. The van der Waals surface area contributed by atoms with Crippen molar-refractivity contribution in [2.45, 2.75) is 20.8 Å². The van der Waals surface area contributed by atoms with Crippen LogP contribution in [0.1, 0.15) is 30.0 Å². The van der Waals surface area contributed by atoms with Gasteiger partial charge in [-0.05, 0) is 45.0 Å². The molecule has 0 spiro atoms. The molecule has 0 fully saturated rings. The van der Waals surface area contributed by atoms with E-state index < -0.39 is 28.8 Å². The summed E-state index contributed by atoms with van der Waals surface area (Å²) in [6.07, 6.45) is 0. The van der Waals surface area contributed by atoms with Crippen LogP contribution in [0, 0.1) is 12.7 Å². The van der Waals surface area contributed by atoms with Crippen molar-refractivity contribution in [1.29, 1.82) is 0 Å². The molecular formula is C25H27FN4O5. The summed E-state index contributed by atoms with van der Waals surface area (Å²) < 4.78 is 26.5. The third-order valence-corrected chi connectivity index (χ3v) is 4.95. The maximum absolute atomic E-state index is 14.3. The average molecular weight is 483 g/mol. The van der Waals surface area contributed by atoms with Crippen LogP contribution >= 0.6 is 0 Å². The second-order valence-corrected chi connectivity index (χ2v) is 7.60. The lowest BCUT2D eigenvalue weighted by Gasteiger charge is -2.18. The Morgan fingerprint density at radius 3 is 2.43 bits per heavy atom. The summed E-state index contributed by atoms with van der Waals surface area (Å²) in [5.74, 6) is -0.782. The molecule has 0 aliphatic carbocycles. The van der Waals surface area contributed by atoms with Gasteiger partial charge in [0.1, 0.15) is 11.5 Å². The van der Waals surface area contributed by atoms with E-state index in [9.17, 15) is 18.8 Å². The Balaban J connectivity index is 1.77. The summed E-state index contributed by atoms with van der Waals surface area (Å²) in [4.78, 5) is 39.0. The summed E-state index contributed by atoms with van der Waals surface area (Å²) in [5, 5.41) is 6.78. The molecule has 0 saturated carbocycles. The molecule has 1 heterocycles. The quantitative estimate of drug-likeness (QED) is 0.503. The molecule has 0 atom stereocenters. The maximum Gasteiger partial charge on any atom is 0.278 e. The van der Waals surface area contributed by atoms with Crippen LogP contribution in [-0.2, 0) is 4.79 Å². The molecule has 35 heavy (non-hydrogen) atoms. The van der Waals surface area contributed by atoms with Gasteiger partial charge in [0, 0.05) is 30.6 Å². The van der Waals surface area contributed by atoms with E-state index in [2.05, 4.69) is 10.4 Å². The molecule has 0 radical (unpaired) electrons. The normalized spacial score (nSPS) is 10.5. The molecule has 0 aliphatic heterocycles. The molecule has 1 aromatic heterocycles. The molecule has 2 amide bonds. The highest BCUT2D eigenvalue weighted by Gasteiger charge is 2.22. The van der Waals surface area contributed by atoms with E-state index in [1.165, 1.54) is 36.0 Å². The SMILES string of the molecule is CCOc1ccc(NC(=O)CN(C)C(=O)c2nn(-c3ccccc3F)c(C)cc2=O)cc1OCC.